The molecule has 27 heavy (non-hydrogen) atoms. The minimum Gasteiger partial charge on any atom is -0.425 e. The molecule has 0 fully saturated rings. The Bertz CT molecular complexity index is 788. The summed E-state index contributed by atoms with van der Waals surface area (Å²) in [5, 5.41) is 4.60. The molecule has 0 unspecified atom stereocenters. The van der Waals surface area contributed by atoms with Gasteiger partial charge in [-0.2, -0.15) is 0 Å². The topological polar surface area (TPSA) is 79.0 Å². The Morgan fingerprint density at radius 3 is 2.33 bits per heavy atom. The van der Waals surface area contributed by atoms with E-state index in [4.69, 9.17) is 4.74 Å². The van der Waals surface area contributed by atoms with Crippen molar-refractivity contribution in [3.63, 3.8) is 0 Å². The zero-order chi connectivity index (χ0) is 20.0. The summed E-state index contributed by atoms with van der Waals surface area (Å²) < 4.78 is 5.26. The van der Waals surface area contributed by atoms with Crippen LogP contribution in [0.2, 0.25) is 0 Å². The van der Waals surface area contributed by atoms with E-state index < -0.39 is 5.97 Å². The van der Waals surface area contributed by atoms with E-state index in [0.29, 0.717) is 16.3 Å². The molecule has 1 aromatic carbocycles. The summed E-state index contributed by atoms with van der Waals surface area (Å²) in [4.78, 5) is 39.5. The lowest BCUT2D eigenvalue weighted by molar-refractivity contribution is -0.134. The van der Waals surface area contributed by atoms with Gasteiger partial charge < -0.3 is 15.0 Å². The van der Waals surface area contributed by atoms with Crippen molar-refractivity contribution >= 4 is 34.9 Å². The number of carbonyl (C=O) groups excluding carboxylic acids is 3. The van der Waals surface area contributed by atoms with E-state index >= 15 is 0 Å². The van der Waals surface area contributed by atoms with Gasteiger partial charge in [-0.25, -0.2) is 9.59 Å². The third-order valence-electron chi connectivity index (χ3n) is 3.62. The van der Waals surface area contributed by atoms with Gasteiger partial charge in [-0.05, 0) is 49.6 Å². The fourth-order valence-electron chi connectivity index (χ4n) is 2.22. The number of anilines is 1. The highest BCUT2D eigenvalue weighted by Gasteiger charge is 2.17. The number of benzene rings is 1. The first-order valence-electron chi connectivity index (χ1n) is 8.42. The summed E-state index contributed by atoms with van der Waals surface area (Å²) in [6, 6.07) is 9.88. The van der Waals surface area contributed by atoms with Crippen molar-refractivity contribution < 1.29 is 19.1 Å². The molecule has 0 atom stereocenters. The summed E-state index contributed by atoms with van der Waals surface area (Å²) in [7, 11) is 3.21. The molecule has 2 rings (SSSR count). The lowest BCUT2D eigenvalue weighted by atomic mass is 10.3. The first kappa shape index (κ1) is 20.4. The van der Waals surface area contributed by atoms with Gasteiger partial charge in [0, 0.05) is 25.8 Å². The molecule has 0 aliphatic heterocycles. The third kappa shape index (κ3) is 5.82. The van der Waals surface area contributed by atoms with E-state index in [9.17, 15) is 14.4 Å². The minimum absolute atomic E-state index is 0.0362. The maximum atomic E-state index is 12.1. The highest BCUT2D eigenvalue weighted by Crippen LogP contribution is 2.19. The number of nitrogens with one attached hydrogen (secondary N) is 1. The van der Waals surface area contributed by atoms with E-state index in [1.807, 2.05) is 13.8 Å². The molecule has 2 aromatic rings. The average Bonchev–Trinajstić information content (AvgIpc) is 3.15. The molecular formula is C19H23N3O4S. The molecule has 0 aliphatic rings. The van der Waals surface area contributed by atoms with Gasteiger partial charge in [0.2, 0.25) is 0 Å². The first-order valence-corrected chi connectivity index (χ1v) is 9.30. The molecule has 1 aromatic heterocycles. The SMILES string of the molecule is CC(C)NC(=O)N(C)c1ccc(OC(=O)CN(C)C(=O)c2cccs2)cc1. The van der Waals surface area contributed by atoms with Crippen molar-refractivity contribution in [3.05, 3.63) is 46.7 Å². The zero-order valence-corrected chi connectivity index (χ0v) is 16.6. The maximum absolute atomic E-state index is 12.1. The predicted octanol–water partition coefficient (Wildman–Crippen LogP) is 2.98. The number of urea groups is 1. The number of thiophene rings is 1. The van der Waals surface area contributed by atoms with Crippen molar-refractivity contribution in [1.29, 1.82) is 0 Å². The van der Waals surface area contributed by atoms with Gasteiger partial charge in [-0.3, -0.25) is 9.69 Å². The fourth-order valence-corrected chi connectivity index (χ4v) is 2.93. The molecule has 0 saturated heterocycles. The summed E-state index contributed by atoms with van der Waals surface area (Å²) in [5.74, 6) is -0.422. The smallest absolute Gasteiger partial charge is 0.331 e. The fraction of sp³-hybridized carbons (Fsp3) is 0.316. The summed E-state index contributed by atoms with van der Waals surface area (Å²) >= 11 is 1.32. The number of carbonyl (C=O) groups is 3. The maximum Gasteiger partial charge on any atom is 0.331 e. The number of amides is 3. The molecule has 0 aliphatic carbocycles. The van der Waals surface area contributed by atoms with Crippen LogP contribution in [0.5, 0.6) is 5.75 Å². The van der Waals surface area contributed by atoms with Crippen LogP contribution in [0.25, 0.3) is 0 Å². The molecule has 0 spiro atoms. The second kappa shape index (κ2) is 9.18. The van der Waals surface area contributed by atoms with Crippen LogP contribution in [0.3, 0.4) is 0 Å². The van der Waals surface area contributed by atoms with Crippen molar-refractivity contribution in [2.75, 3.05) is 25.5 Å². The van der Waals surface area contributed by atoms with Crippen LogP contribution in [-0.4, -0.2) is 49.5 Å². The second-order valence-electron chi connectivity index (χ2n) is 6.27. The Morgan fingerprint density at radius 1 is 1.11 bits per heavy atom. The quantitative estimate of drug-likeness (QED) is 0.608. The molecule has 8 heteroatoms. The van der Waals surface area contributed by atoms with E-state index in [0.717, 1.165) is 0 Å². The van der Waals surface area contributed by atoms with Crippen LogP contribution in [0.15, 0.2) is 41.8 Å². The van der Waals surface area contributed by atoms with Crippen LogP contribution < -0.4 is 15.0 Å². The minimum atomic E-state index is -0.541. The standard InChI is InChI=1S/C19H23N3O4S/c1-13(2)20-19(25)22(4)14-7-9-15(10-8-14)26-17(23)12-21(3)18(24)16-6-5-11-27-16/h5-11,13H,12H2,1-4H3,(H,20,25). The molecule has 0 saturated carbocycles. The summed E-state index contributed by atoms with van der Waals surface area (Å²) in [6.45, 7) is 3.61. The van der Waals surface area contributed by atoms with Crippen molar-refractivity contribution in [1.82, 2.24) is 10.2 Å². The average molecular weight is 389 g/mol. The Labute approximate surface area is 162 Å². The highest BCUT2D eigenvalue weighted by atomic mass is 32.1. The van der Waals surface area contributed by atoms with Crippen LogP contribution in [0.1, 0.15) is 23.5 Å². The van der Waals surface area contributed by atoms with E-state index in [-0.39, 0.29) is 24.5 Å². The van der Waals surface area contributed by atoms with Gasteiger partial charge in [0.1, 0.15) is 12.3 Å². The van der Waals surface area contributed by atoms with Crippen LogP contribution >= 0.6 is 11.3 Å². The third-order valence-corrected chi connectivity index (χ3v) is 4.48. The molecule has 3 amide bonds. The van der Waals surface area contributed by atoms with Gasteiger partial charge in [-0.15, -0.1) is 11.3 Å². The van der Waals surface area contributed by atoms with Gasteiger partial charge in [0.15, 0.2) is 0 Å². The van der Waals surface area contributed by atoms with Gasteiger partial charge in [-0.1, -0.05) is 6.07 Å². The molecule has 1 heterocycles. The lowest BCUT2D eigenvalue weighted by Crippen LogP contribution is -2.40. The Balaban J connectivity index is 1.91. The molecule has 1 N–H and O–H groups in total. The van der Waals surface area contributed by atoms with Crippen LogP contribution in [0, 0.1) is 0 Å². The molecule has 0 bridgehead atoms. The number of rotatable bonds is 6. The van der Waals surface area contributed by atoms with Crippen molar-refractivity contribution in [2.24, 2.45) is 0 Å². The van der Waals surface area contributed by atoms with Gasteiger partial charge >= 0.3 is 12.0 Å². The first-order chi connectivity index (χ1) is 12.8. The van der Waals surface area contributed by atoms with Gasteiger partial charge in [0.05, 0.1) is 4.88 Å². The van der Waals surface area contributed by atoms with Crippen LogP contribution in [-0.2, 0) is 4.79 Å². The molecular weight excluding hydrogens is 366 g/mol. The zero-order valence-electron chi connectivity index (χ0n) is 15.8. The molecule has 0 radical (unpaired) electrons. The van der Waals surface area contributed by atoms with Gasteiger partial charge in [0.25, 0.3) is 5.91 Å². The van der Waals surface area contributed by atoms with Crippen molar-refractivity contribution in [2.45, 2.75) is 19.9 Å². The van der Waals surface area contributed by atoms with E-state index in [1.165, 1.54) is 21.1 Å². The summed E-state index contributed by atoms with van der Waals surface area (Å²) in [6.07, 6.45) is 0. The number of likely N-dealkylation sites (N-methyl/N-ethyl adjacent to an activating group) is 1. The number of hydrogen-bond donors (Lipinski definition) is 1. The number of hydrogen-bond acceptors (Lipinski definition) is 5. The lowest BCUT2D eigenvalue weighted by Gasteiger charge is -2.20. The predicted molar refractivity (Wildman–Crippen MR) is 105 cm³/mol. The molecule has 7 nitrogen and oxygen atoms in total. The van der Waals surface area contributed by atoms with Crippen molar-refractivity contribution in [3.8, 4) is 5.75 Å². The second-order valence-corrected chi connectivity index (χ2v) is 7.22. The number of esters is 1. The normalized spacial score (nSPS) is 10.4. The summed E-state index contributed by atoms with van der Waals surface area (Å²) in [5.41, 5.74) is 0.665. The molecule has 144 valence electrons. The highest BCUT2D eigenvalue weighted by molar-refractivity contribution is 7.12. The van der Waals surface area contributed by atoms with Crippen LogP contribution in [0.4, 0.5) is 10.5 Å². The number of ether oxygens (including phenoxy) is 1. The van der Waals surface area contributed by atoms with E-state index in [1.54, 1.807) is 55.9 Å². The van der Waals surface area contributed by atoms with E-state index in [2.05, 4.69) is 5.32 Å². The Hall–Kier alpha value is -2.87. The Morgan fingerprint density at radius 2 is 1.78 bits per heavy atom. The number of nitrogens with zero attached hydrogens (tertiary/aromatic N) is 2. The Kier molecular flexibility index (Phi) is 6.95. The largest absolute Gasteiger partial charge is 0.425 e. The monoisotopic (exact) mass is 389 g/mol.